The maximum atomic E-state index is 13.9. The van der Waals surface area contributed by atoms with E-state index in [2.05, 4.69) is 32.9 Å². The van der Waals surface area contributed by atoms with Crippen LogP contribution in [-0.4, -0.2) is 29.9 Å². The Balaban J connectivity index is 0.00000320. The van der Waals surface area contributed by atoms with Crippen LogP contribution in [-0.2, 0) is 39.8 Å². The molecule has 0 aliphatic carbocycles. The normalized spacial score (nSPS) is 15.3. The molecule has 14 heteroatoms. The Morgan fingerprint density at radius 3 is 2.14 bits per heavy atom. The number of hydrogen-bond donors (Lipinski definition) is 0. The molecule has 37 heavy (non-hydrogen) atoms. The Labute approximate surface area is 225 Å². The largest absolute Gasteiger partial charge is 0.672 e. The zero-order valence-electron chi connectivity index (χ0n) is 18.9. The molecule has 1 atom stereocenters. The van der Waals surface area contributed by atoms with Gasteiger partial charge in [0.05, 0.1) is 11.4 Å². The summed E-state index contributed by atoms with van der Waals surface area (Å²) in [4.78, 5) is 5.03. The van der Waals surface area contributed by atoms with Crippen molar-refractivity contribution < 1.29 is 47.4 Å². The third-order valence-electron chi connectivity index (χ3n) is 5.30. The Hall–Kier alpha value is -2.79. The van der Waals surface area contributed by atoms with Crippen LogP contribution in [0.15, 0.2) is 41.3 Å². The van der Waals surface area contributed by atoms with E-state index in [1.54, 1.807) is 12.1 Å². The number of para-hydroxylation sites is 1. The molecule has 0 amide bonds. The van der Waals surface area contributed by atoms with Crippen molar-refractivity contribution in [2.75, 3.05) is 0 Å². The van der Waals surface area contributed by atoms with Crippen molar-refractivity contribution in [1.29, 1.82) is 0 Å². The monoisotopic (exact) mass is 716 g/mol. The summed E-state index contributed by atoms with van der Waals surface area (Å²) in [6.45, 7) is 3.10. The van der Waals surface area contributed by atoms with Crippen molar-refractivity contribution in [1.82, 2.24) is 24.5 Å². The molecule has 6 nitrogen and oxygen atoms in total. The molecule has 198 valence electrons. The van der Waals surface area contributed by atoms with Gasteiger partial charge < -0.3 is 19.7 Å². The Kier molecular flexibility index (Phi) is 7.24. The fourth-order valence-corrected chi connectivity index (χ4v) is 4.78. The molecule has 1 aliphatic heterocycles. The van der Waals surface area contributed by atoms with Crippen LogP contribution in [0.1, 0.15) is 35.0 Å². The summed E-state index contributed by atoms with van der Waals surface area (Å²) in [6, 6.07) is 9.47. The molecule has 4 heterocycles. The fourth-order valence-electron chi connectivity index (χ4n) is 3.80. The second-order valence-electron chi connectivity index (χ2n) is 7.98. The number of rotatable bonds is 4. The number of fused-ring (bicyclic) bond motifs is 1. The van der Waals surface area contributed by atoms with Crippen LogP contribution in [0, 0.1) is 19.3 Å². The van der Waals surface area contributed by atoms with Crippen LogP contribution in [0.3, 0.4) is 0 Å². The van der Waals surface area contributed by atoms with Gasteiger partial charge in [-0.3, -0.25) is 10.2 Å². The van der Waals surface area contributed by atoms with Gasteiger partial charge in [-0.2, -0.15) is 26.3 Å². The minimum atomic E-state index is -4.76. The van der Waals surface area contributed by atoms with Gasteiger partial charge in [-0.25, -0.2) is 0 Å². The van der Waals surface area contributed by atoms with E-state index in [9.17, 15) is 26.3 Å². The van der Waals surface area contributed by atoms with Gasteiger partial charge in [-0.15, -0.1) is 28.6 Å². The maximum Gasteiger partial charge on any atom is 0.388 e. The zero-order chi connectivity index (χ0) is 25.8. The number of alkyl halides is 6. The summed E-state index contributed by atoms with van der Waals surface area (Å²) in [5.74, 6) is -0.151. The van der Waals surface area contributed by atoms with Crippen molar-refractivity contribution in [3.63, 3.8) is 0 Å². The quantitative estimate of drug-likeness (QED) is 0.180. The minimum Gasteiger partial charge on any atom is -0.672 e. The molecule has 4 aromatic rings. The first-order valence-electron chi connectivity index (χ1n) is 10.5. The van der Waals surface area contributed by atoms with Gasteiger partial charge in [0.2, 0.25) is 0 Å². The second kappa shape index (κ2) is 9.83. The topological polar surface area (TPSA) is 62.6 Å². The molecule has 1 aromatic carbocycles. The molecule has 0 bridgehead atoms. The minimum absolute atomic E-state index is 0. The van der Waals surface area contributed by atoms with E-state index >= 15 is 0 Å². The summed E-state index contributed by atoms with van der Waals surface area (Å²) in [5, 5.41) is 11.6. The van der Waals surface area contributed by atoms with Crippen LogP contribution < -0.4 is 0 Å². The van der Waals surface area contributed by atoms with Gasteiger partial charge in [0, 0.05) is 32.7 Å². The second-order valence-corrected chi connectivity index (χ2v) is 9.34. The SMILES string of the molecule is Cc1[c-]n(-c2cccc(-n3[c-]c(Cc4cccc5c4[N-]C(C)S5)c(C(F)(F)F)n3)n2)nc1C(F)(F)F.[Pt]. The summed E-state index contributed by atoms with van der Waals surface area (Å²) >= 11 is 1.52. The smallest absolute Gasteiger partial charge is 0.388 e. The van der Waals surface area contributed by atoms with Crippen LogP contribution >= 0.6 is 11.8 Å². The Bertz CT molecular complexity index is 1440. The molecule has 3 aromatic heterocycles. The van der Waals surface area contributed by atoms with E-state index in [0.29, 0.717) is 11.3 Å². The number of hydrogen-bond acceptors (Lipinski definition) is 4. The van der Waals surface area contributed by atoms with Crippen molar-refractivity contribution in [3.8, 4) is 11.6 Å². The summed E-state index contributed by atoms with van der Waals surface area (Å²) in [7, 11) is 0. The average Bonchev–Trinajstić information content (AvgIpc) is 3.49. The molecule has 0 fully saturated rings. The van der Waals surface area contributed by atoms with Crippen molar-refractivity contribution in [3.05, 3.63) is 82.2 Å². The predicted octanol–water partition coefficient (Wildman–Crippen LogP) is 6.44. The van der Waals surface area contributed by atoms with Gasteiger partial charge in [0.1, 0.15) is 0 Å². The molecular formula is C23H15F6N6PtS-3. The molecule has 0 spiro atoms. The number of benzene rings is 1. The third kappa shape index (κ3) is 5.43. The Morgan fingerprint density at radius 2 is 1.51 bits per heavy atom. The fraction of sp³-hybridized carbons (Fsp3) is 0.261. The van der Waals surface area contributed by atoms with Gasteiger partial charge in [-0.1, -0.05) is 67.5 Å². The van der Waals surface area contributed by atoms with E-state index in [4.69, 9.17) is 0 Å². The summed E-state index contributed by atoms with van der Waals surface area (Å²) in [5.41, 5.74) is -1.45. The van der Waals surface area contributed by atoms with E-state index < -0.39 is 23.7 Å². The number of aryl methyl sites for hydroxylation is 1. The van der Waals surface area contributed by atoms with Gasteiger partial charge in [0.25, 0.3) is 0 Å². The molecule has 5 rings (SSSR count). The van der Waals surface area contributed by atoms with E-state index in [0.717, 1.165) is 14.3 Å². The molecule has 0 N–H and O–H groups in total. The zero-order valence-corrected chi connectivity index (χ0v) is 22.0. The number of halogens is 6. The summed E-state index contributed by atoms with van der Waals surface area (Å²) < 4.78 is 82.5. The van der Waals surface area contributed by atoms with Crippen molar-refractivity contribution >= 4 is 17.4 Å². The number of thioether (sulfide) groups is 1. The van der Waals surface area contributed by atoms with Crippen molar-refractivity contribution in [2.45, 2.75) is 42.9 Å². The molecule has 0 saturated carbocycles. The van der Waals surface area contributed by atoms with E-state index in [-0.39, 0.29) is 55.6 Å². The molecule has 0 radical (unpaired) electrons. The molecule has 1 aliphatic rings. The van der Waals surface area contributed by atoms with Crippen LogP contribution in [0.5, 0.6) is 0 Å². The number of aromatic nitrogens is 5. The van der Waals surface area contributed by atoms with Gasteiger partial charge in [0.15, 0.2) is 0 Å². The first-order valence-corrected chi connectivity index (χ1v) is 11.4. The molecular weight excluding hydrogens is 701 g/mol. The molecule has 0 saturated heterocycles. The standard InChI is InChI=1S/C23H15F6N6S.Pt/c1-12-10-34(32-20(12)22(24,25)26)17-7-4-8-18(31-17)35-11-15(21(33-35)23(27,28)29)9-14-5-3-6-16-19(14)30-13(2)36-16;/h3-8,13H,9H2,1-2H3;/q-3;. The average molecular weight is 717 g/mol. The number of pyridine rings is 1. The number of nitrogens with zero attached hydrogens (tertiary/aromatic N) is 6. The van der Waals surface area contributed by atoms with Gasteiger partial charge in [-0.05, 0) is 17.4 Å². The third-order valence-corrected chi connectivity index (χ3v) is 6.33. The van der Waals surface area contributed by atoms with Crippen LogP contribution in [0.25, 0.3) is 17.0 Å². The summed E-state index contributed by atoms with van der Waals surface area (Å²) in [6.07, 6.45) is -4.50. The maximum absolute atomic E-state index is 13.9. The Morgan fingerprint density at radius 1 is 0.919 bits per heavy atom. The van der Waals surface area contributed by atoms with Crippen LogP contribution in [0.4, 0.5) is 32.0 Å². The first-order chi connectivity index (χ1) is 16.9. The first kappa shape index (κ1) is 27.2. The van der Waals surface area contributed by atoms with E-state index in [1.165, 1.54) is 36.9 Å². The van der Waals surface area contributed by atoms with Crippen molar-refractivity contribution in [2.24, 2.45) is 0 Å². The predicted molar refractivity (Wildman–Crippen MR) is 118 cm³/mol. The van der Waals surface area contributed by atoms with Gasteiger partial charge >= 0.3 is 12.4 Å². The van der Waals surface area contributed by atoms with E-state index in [1.807, 2.05) is 13.0 Å². The van der Waals surface area contributed by atoms with Crippen LogP contribution in [0.2, 0.25) is 0 Å². The molecule has 1 unspecified atom stereocenters.